The second kappa shape index (κ2) is 4.63. The van der Waals surface area contributed by atoms with E-state index in [1.807, 2.05) is 0 Å². The summed E-state index contributed by atoms with van der Waals surface area (Å²) in [4.78, 5) is 23.2. The Balaban J connectivity index is 1.89. The first kappa shape index (κ1) is 10.4. The molecule has 81 valence electrons. The summed E-state index contributed by atoms with van der Waals surface area (Å²) in [5.41, 5.74) is 5.56. The maximum atomic E-state index is 11.4. The Morgan fingerprint density at radius 1 is 1.31 bits per heavy atom. The maximum Gasteiger partial charge on any atom is 0.307 e. The number of hydrogen-bond donors (Lipinski definition) is 1. The summed E-state index contributed by atoms with van der Waals surface area (Å²) < 4.78 is 4.84. The van der Waals surface area contributed by atoms with Crippen molar-refractivity contribution in [3.63, 3.8) is 0 Å². The molecule has 1 radical (unpaired) electrons. The largest absolute Gasteiger partial charge is 0.459 e. The van der Waals surface area contributed by atoms with Crippen LogP contribution in [0.1, 0.15) is 20.2 Å². The minimum absolute atomic E-state index is 0.114. The van der Waals surface area contributed by atoms with Crippen molar-refractivity contribution in [3.05, 3.63) is 46.5 Å². The number of amides is 2. The van der Waals surface area contributed by atoms with Gasteiger partial charge in [-0.2, -0.15) is 0 Å². The monoisotopic (exact) mass is 235 g/mol. The molecule has 0 saturated heterocycles. The molecular formula is C10H7N2O3S. The molecule has 2 heterocycles. The number of thiophene rings is 1. The highest BCUT2D eigenvalue weighted by atomic mass is 32.1. The SMILES string of the molecule is O=C(N[N]C(=O)c1cccs1)c1ccco1. The van der Waals surface area contributed by atoms with E-state index in [0.717, 1.165) is 0 Å². The second-order valence-electron chi connectivity index (χ2n) is 2.81. The molecule has 0 aliphatic rings. The number of nitrogens with zero attached hydrogens (tertiary/aromatic N) is 1. The molecule has 0 fully saturated rings. The van der Waals surface area contributed by atoms with Gasteiger partial charge in [0, 0.05) is 0 Å². The third kappa shape index (κ3) is 2.29. The lowest BCUT2D eigenvalue weighted by molar-refractivity contribution is 0.0827. The minimum atomic E-state index is -0.546. The van der Waals surface area contributed by atoms with Crippen LogP contribution in [0.15, 0.2) is 40.3 Å². The summed E-state index contributed by atoms with van der Waals surface area (Å²) in [7, 11) is 0. The Morgan fingerprint density at radius 3 is 2.81 bits per heavy atom. The van der Waals surface area contributed by atoms with Gasteiger partial charge in [-0.05, 0) is 23.6 Å². The first-order valence-corrected chi connectivity index (χ1v) is 5.28. The molecule has 0 saturated carbocycles. The molecule has 2 rings (SSSR count). The zero-order chi connectivity index (χ0) is 11.4. The van der Waals surface area contributed by atoms with Gasteiger partial charge in [-0.25, -0.2) is 5.43 Å². The minimum Gasteiger partial charge on any atom is -0.459 e. The second-order valence-corrected chi connectivity index (χ2v) is 3.76. The fourth-order valence-corrected chi connectivity index (χ4v) is 1.63. The number of nitrogens with one attached hydrogen (secondary N) is 1. The molecule has 2 aromatic rings. The van der Waals surface area contributed by atoms with Crippen LogP contribution in [0.4, 0.5) is 0 Å². The van der Waals surface area contributed by atoms with Crippen LogP contribution in [0.25, 0.3) is 0 Å². The van der Waals surface area contributed by atoms with E-state index in [1.165, 1.54) is 23.7 Å². The van der Waals surface area contributed by atoms with Crippen LogP contribution in [-0.2, 0) is 0 Å². The van der Waals surface area contributed by atoms with Crippen molar-refractivity contribution in [2.75, 3.05) is 0 Å². The average Bonchev–Trinajstić information content (AvgIpc) is 2.95. The van der Waals surface area contributed by atoms with Crippen molar-refractivity contribution >= 4 is 23.2 Å². The number of furan rings is 1. The molecule has 0 aliphatic heterocycles. The molecule has 0 aromatic carbocycles. The third-order valence-electron chi connectivity index (χ3n) is 1.74. The van der Waals surface area contributed by atoms with Gasteiger partial charge >= 0.3 is 11.8 Å². The predicted octanol–water partition coefficient (Wildman–Crippen LogP) is 1.43. The van der Waals surface area contributed by atoms with Gasteiger partial charge in [0.25, 0.3) is 0 Å². The lowest BCUT2D eigenvalue weighted by Gasteiger charge is -1.99. The molecule has 1 N–H and O–H groups in total. The fourth-order valence-electron chi connectivity index (χ4n) is 1.02. The van der Waals surface area contributed by atoms with Gasteiger partial charge in [-0.1, -0.05) is 6.07 Å². The van der Waals surface area contributed by atoms with Crippen LogP contribution >= 0.6 is 11.3 Å². The van der Waals surface area contributed by atoms with Crippen LogP contribution in [0.3, 0.4) is 0 Å². The Hall–Kier alpha value is -2.08. The quantitative estimate of drug-likeness (QED) is 0.800. The van der Waals surface area contributed by atoms with E-state index in [0.29, 0.717) is 4.88 Å². The van der Waals surface area contributed by atoms with E-state index in [1.54, 1.807) is 23.6 Å². The molecule has 0 aliphatic carbocycles. The molecule has 0 spiro atoms. The topological polar surface area (TPSA) is 73.4 Å². The van der Waals surface area contributed by atoms with E-state index in [2.05, 4.69) is 10.9 Å². The van der Waals surface area contributed by atoms with Crippen LogP contribution in [0, 0.1) is 0 Å². The maximum absolute atomic E-state index is 11.4. The first-order chi connectivity index (χ1) is 7.77. The molecule has 5 nitrogen and oxygen atoms in total. The number of rotatable bonds is 2. The molecule has 0 bridgehead atoms. The standard InChI is InChI=1S/C10H7N2O3S/c13-9(7-3-1-5-15-7)11-12-10(14)8-4-2-6-16-8/h1-6H,(H,11,13). The van der Waals surface area contributed by atoms with E-state index in [-0.39, 0.29) is 5.76 Å². The summed E-state index contributed by atoms with van der Waals surface area (Å²) in [6.07, 6.45) is 1.37. The van der Waals surface area contributed by atoms with E-state index in [9.17, 15) is 9.59 Å². The lowest BCUT2D eigenvalue weighted by atomic mass is 10.4. The highest BCUT2D eigenvalue weighted by molar-refractivity contribution is 7.12. The summed E-state index contributed by atoms with van der Waals surface area (Å²) in [6.45, 7) is 0. The highest BCUT2D eigenvalue weighted by Gasteiger charge is 2.12. The Bertz CT molecular complexity index is 430. The van der Waals surface area contributed by atoms with Gasteiger partial charge in [0.1, 0.15) is 0 Å². The molecule has 2 aromatic heterocycles. The fraction of sp³-hybridized carbons (Fsp3) is 0. The van der Waals surface area contributed by atoms with Gasteiger partial charge in [0.15, 0.2) is 5.76 Å². The Kier molecular flexibility index (Phi) is 3.02. The number of carbonyl (C=O) groups is 2. The van der Waals surface area contributed by atoms with Gasteiger partial charge in [0.2, 0.25) is 0 Å². The molecule has 16 heavy (non-hydrogen) atoms. The summed E-state index contributed by atoms with van der Waals surface area (Å²) in [5.74, 6) is -0.910. The zero-order valence-electron chi connectivity index (χ0n) is 8.04. The smallest absolute Gasteiger partial charge is 0.307 e. The molecule has 6 heteroatoms. The summed E-state index contributed by atoms with van der Waals surface area (Å²) in [6, 6.07) is 6.44. The van der Waals surface area contributed by atoms with E-state index >= 15 is 0 Å². The first-order valence-electron chi connectivity index (χ1n) is 4.40. The van der Waals surface area contributed by atoms with Gasteiger partial charge in [-0.3, -0.25) is 9.59 Å². The zero-order valence-corrected chi connectivity index (χ0v) is 8.86. The van der Waals surface area contributed by atoms with E-state index < -0.39 is 11.8 Å². The van der Waals surface area contributed by atoms with Crippen molar-refractivity contribution in [1.82, 2.24) is 10.9 Å². The summed E-state index contributed by atoms with van der Waals surface area (Å²) >= 11 is 1.26. The average molecular weight is 235 g/mol. The van der Waals surface area contributed by atoms with Crippen molar-refractivity contribution in [3.8, 4) is 0 Å². The van der Waals surface area contributed by atoms with Gasteiger partial charge < -0.3 is 4.42 Å². The lowest BCUT2D eigenvalue weighted by Crippen LogP contribution is -2.34. The Morgan fingerprint density at radius 2 is 2.19 bits per heavy atom. The van der Waals surface area contributed by atoms with E-state index in [4.69, 9.17) is 4.42 Å². The van der Waals surface area contributed by atoms with Crippen molar-refractivity contribution in [2.45, 2.75) is 0 Å². The van der Waals surface area contributed by atoms with Gasteiger partial charge in [-0.15, -0.1) is 16.8 Å². The molecule has 2 amide bonds. The van der Waals surface area contributed by atoms with Gasteiger partial charge in [0.05, 0.1) is 11.1 Å². The van der Waals surface area contributed by atoms with Crippen molar-refractivity contribution < 1.29 is 14.0 Å². The third-order valence-corrected chi connectivity index (χ3v) is 2.59. The normalized spacial score (nSPS) is 9.75. The molecule has 0 unspecified atom stereocenters. The number of hydrogen-bond acceptors (Lipinski definition) is 4. The van der Waals surface area contributed by atoms with Crippen molar-refractivity contribution in [1.29, 1.82) is 0 Å². The van der Waals surface area contributed by atoms with Crippen LogP contribution in [-0.4, -0.2) is 11.8 Å². The number of carbonyl (C=O) groups excluding carboxylic acids is 2. The molecular weight excluding hydrogens is 228 g/mol. The Labute approximate surface area is 95.0 Å². The van der Waals surface area contributed by atoms with Crippen molar-refractivity contribution in [2.24, 2.45) is 0 Å². The summed E-state index contributed by atoms with van der Waals surface area (Å²) in [5, 5.41) is 1.76. The van der Waals surface area contributed by atoms with Crippen LogP contribution in [0.2, 0.25) is 0 Å². The molecule has 0 atom stereocenters. The van der Waals surface area contributed by atoms with Crippen LogP contribution < -0.4 is 10.9 Å². The highest BCUT2D eigenvalue weighted by Crippen LogP contribution is 2.07. The predicted molar refractivity (Wildman–Crippen MR) is 57.0 cm³/mol. The van der Waals surface area contributed by atoms with Crippen LogP contribution in [0.5, 0.6) is 0 Å².